The molecule has 0 spiro atoms. The van der Waals surface area contributed by atoms with Gasteiger partial charge in [0, 0.05) is 6.54 Å². The molecule has 0 radical (unpaired) electrons. The van der Waals surface area contributed by atoms with Gasteiger partial charge in [-0.1, -0.05) is 18.2 Å². The number of nitrogens with zero attached hydrogens (tertiary/aromatic N) is 3. The minimum atomic E-state index is 0.749. The Morgan fingerprint density at radius 2 is 1.82 bits per heavy atom. The van der Waals surface area contributed by atoms with E-state index in [-0.39, 0.29) is 0 Å². The summed E-state index contributed by atoms with van der Waals surface area (Å²) in [5, 5.41) is 9.40. The molecule has 0 saturated carbocycles. The first-order valence-electron chi connectivity index (χ1n) is 7.44. The van der Waals surface area contributed by atoms with Crippen LogP contribution >= 0.6 is 0 Å². The molecule has 0 unspecified atom stereocenters. The van der Waals surface area contributed by atoms with Gasteiger partial charge in [0.05, 0.1) is 22.7 Å². The van der Waals surface area contributed by atoms with Crippen LogP contribution < -0.4 is 0 Å². The number of imidazole rings is 1. The van der Waals surface area contributed by atoms with E-state index in [9.17, 15) is 5.26 Å². The molecule has 0 atom stereocenters. The van der Waals surface area contributed by atoms with Crippen molar-refractivity contribution in [2.24, 2.45) is 0 Å². The molecule has 0 N–H and O–H groups in total. The Balaban J connectivity index is 2.18. The van der Waals surface area contributed by atoms with Crippen molar-refractivity contribution < 1.29 is 0 Å². The zero-order valence-corrected chi connectivity index (χ0v) is 13.4. The highest BCUT2D eigenvalue weighted by atomic mass is 15.1. The summed E-state index contributed by atoms with van der Waals surface area (Å²) in [5.74, 6) is 0.999. The van der Waals surface area contributed by atoms with Gasteiger partial charge in [0.25, 0.3) is 0 Å². The van der Waals surface area contributed by atoms with E-state index in [1.165, 1.54) is 11.1 Å². The predicted molar refractivity (Wildman–Crippen MR) is 88.9 cm³/mol. The minimum absolute atomic E-state index is 0.749. The van der Waals surface area contributed by atoms with Crippen molar-refractivity contribution in [1.82, 2.24) is 9.55 Å². The van der Waals surface area contributed by atoms with Gasteiger partial charge >= 0.3 is 0 Å². The molecule has 3 aromatic rings. The molecule has 0 aliphatic heterocycles. The third-order valence-electron chi connectivity index (χ3n) is 4.40. The number of fused-ring (bicyclic) bond motifs is 1. The van der Waals surface area contributed by atoms with Crippen molar-refractivity contribution in [3.63, 3.8) is 0 Å². The second-order valence-electron chi connectivity index (χ2n) is 5.83. The summed E-state index contributed by atoms with van der Waals surface area (Å²) in [7, 11) is 0. The summed E-state index contributed by atoms with van der Waals surface area (Å²) in [5.41, 5.74) is 7.52. The van der Waals surface area contributed by atoms with Crippen LogP contribution in [0.1, 0.15) is 33.6 Å². The van der Waals surface area contributed by atoms with E-state index in [0.29, 0.717) is 0 Å². The molecule has 3 rings (SSSR count). The number of nitriles is 1. The maximum Gasteiger partial charge on any atom is 0.107 e. The lowest BCUT2D eigenvalue weighted by atomic mass is 9.94. The highest BCUT2D eigenvalue weighted by Gasteiger charge is 2.14. The van der Waals surface area contributed by atoms with Crippen LogP contribution in [0.25, 0.3) is 11.0 Å². The van der Waals surface area contributed by atoms with Gasteiger partial charge in [0.2, 0.25) is 0 Å². The van der Waals surface area contributed by atoms with Crippen molar-refractivity contribution in [2.45, 2.75) is 34.2 Å². The van der Waals surface area contributed by atoms with E-state index in [1.54, 1.807) is 0 Å². The van der Waals surface area contributed by atoms with E-state index < -0.39 is 0 Å². The van der Waals surface area contributed by atoms with Crippen molar-refractivity contribution in [1.29, 1.82) is 5.26 Å². The molecule has 1 heterocycles. The largest absolute Gasteiger partial charge is 0.324 e. The van der Waals surface area contributed by atoms with E-state index in [1.807, 2.05) is 39.0 Å². The van der Waals surface area contributed by atoms with Crippen molar-refractivity contribution in [3.8, 4) is 6.07 Å². The first kappa shape index (κ1) is 14.3. The Kier molecular flexibility index (Phi) is 3.46. The molecule has 0 fully saturated rings. The number of aryl methyl sites for hydroxylation is 3. The van der Waals surface area contributed by atoms with Crippen LogP contribution in [-0.2, 0) is 6.54 Å². The zero-order chi connectivity index (χ0) is 15.9. The lowest BCUT2D eigenvalue weighted by Crippen LogP contribution is -2.07. The van der Waals surface area contributed by atoms with Crippen LogP contribution in [-0.4, -0.2) is 9.55 Å². The van der Waals surface area contributed by atoms with Crippen molar-refractivity contribution in [3.05, 3.63) is 64.0 Å². The predicted octanol–water partition coefficient (Wildman–Crippen LogP) is 4.19. The van der Waals surface area contributed by atoms with Crippen molar-refractivity contribution >= 4 is 11.0 Å². The van der Waals surface area contributed by atoms with E-state index in [2.05, 4.69) is 34.7 Å². The normalized spacial score (nSPS) is 10.9. The Bertz CT molecular complexity index is 911. The quantitative estimate of drug-likeness (QED) is 0.710. The van der Waals surface area contributed by atoms with Crippen LogP contribution in [0.3, 0.4) is 0 Å². The highest BCUT2D eigenvalue weighted by molar-refractivity contribution is 5.76. The number of aromatic nitrogens is 2. The second-order valence-corrected chi connectivity index (χ2v) is 5.83. The van der Waals surface area contributed by atoms with E-state index >= 15 is 0 Å². The zero-order valence-electron chi connectivity index (χ0n) is 13.4. The molecule has 0 bridgehead atoms. The molecule has 3 nitrogen and oxygen atoms in total. The average molecular weight is 289 g/mol. The molecular formula is C19H19N3. The topological polar surface area (TPSA) is 41.6 Å². The van der Waals surface area contributed by atoms with Gasteiger partial charge in [-0.05, 0) is 62.1 Å². The van der Waals surface area contributed by atoms with Crippen molar-refractivity contribution in [2.75, 3.05) is 0 Å². The molecule has 110 valence electrons. The first-order valence-corrected chi connectivity index (χ1v) is 7.44. The number of para-hydroxylation sites is 2. The molecule has 0 saturated heterocycles. The smallest absolute Gasteiger partial charge is 0.107 e. The third-order valence-corrected chi connectivity index (χ3v) is 4.40. The summed E-state index contributed by atoms with van der Waals surface area (Å²) >= 11 is 0. The molecule has 22 heavy (non-hydrogen) atoms. The lowest BCUT2D eigenvalue weighted by Gasteiger charge is -2.15. The fourth-order valence-electron chi connectivity index (χ4n) is 3.20. The maximum atomic E-state index is 9.40. The Labute approximate surface area is 130 Å². The molecular weight excluding hydrogens is 270 g/mol. The standard InChI is InChI=1S/C19H19N3/c1-12-9-13(2)17(14(3)16(12)10-20)11-22-15(4)21-18-7-5-6-8-19(18)22/h5-9H,11H2,1-4H3. The fourth-order valence-corrected chi connectivity index (χ4v) is 3.20. The Morgan fingerprint density at radius 3 is 2.55 bits per heavy atom. The van der Waals surface area contributed by atoms with Gasteiger partial charge in [-0.3, -0.25) is 0 Å². The average Bonchev–Trinajstić information content (AvgIpc) is 2.79. The molecule has 0 aliphatic carbocycles. The molecule has 0 amide bonds. The number of benzene rings is 2. The van der Waals surface area contributed by atoms with Gasteiger partial charge in [0.15, 0.2) is 0 Å². The fraction of sp³-hybridized carbons (Fsp3) is 0.263. The summed E-state index contributed by atoms with van der Waals surface area (Å²) in [4.78, 5) is 4.63. The molecule has 3 heteroatoms. The van der Waals surface area contributed by atoms with Gasteiger partial charge in [-0.2, -0.15) is 5.26 Å². The summed E-state index contributed by atoms with van der Waals surface area (Å²) in [6, 6.07) is 12.6. The van der Waals surface area contributed by atoms with Gasteiger partial charge in [0.1, 0.15) is 5.82 Å². The van der Waals surface area contributed by atoms with Gasteiger partial charge < -0.3 is 4.57 Å². The summed E-state index contributed by atoms with van der Waals surface area (Å²) < 4.78 is 2.22. The number of hydrogen-bond acceptors (Lipinski definition) is 2. The number of rotatable bonds is 2. The summed E-state index contributed by atoms with van der Waals surface area (Å²) in [6.45, 7) is 8.94. The molecule has 1 aromatic heterocycles. The van der Waals surface area contributed by atoms with Gasteiger partial charge in [-0.15, -0.1) is 0 Å². The first-order chi connectivity index (χ1) is 10.5. The maximum absolute atomic E-state index is 9.40. The van der Waals surface area contributed by atoms with Crippen LogP contribution in [0, 0.1) is 39.0 Å². The monoisotopic (exact) mass is 289 g/mol. The van der Waals surface area contributed by atoms with Crippen LogP contribution in [0.15, 0.2) is 30.3 Å². The number of hydrogen-bond donors (Lipinski definition) is 0. The molecule has 0 aliphatic rings. The Hall–Kier alpha value is -2.60. The molecule has 2 aromatic carbocycles. The second kappa shape index (κ2) is 5.31. The third kappa shape index (κ3) is 2.17. The van der Waals surface area contributed by atoms with E-state index in [0.717, 1.165) is 40.1 Å². The van der Waals surface area contributed by atoms with Crippen LogP contribution in [0.5, 0.6) is 0 Å². The minimum Gasteiger partial charge on any atom is -0.324 e. The lowest BCUT2D eigenvalue weighted by molar-refractivity contribution is 0.775. The highest BCUT2D eigenvalue weighted by Crippen LogP contribution is 2.25. The summed E-state index contributed by atoms with van der Waals surface area (Å²) in [6.07, 6.45) is 0. The van der Waals surface area contributed by atoms with Gasteiger partial charge in [-0.25, -0.2) is 4.98 Å². The SMILES string of the molecule is Cc1cc(C)c(Cn2c(C)nc3ccccc32)c(C)c1C#N. The van der Waals surface area contributed by atoms with E-state index in [4.69, 9.17) is 0 Å². The van der Waals surface area contributed by atoms with Crippen LogP contribution in [0.4, 0.5) is 0 Å². The van der Waals surface area contributed by atoms with Crippen LogP contribution in [0.2, 0.25) is 0 Å². The Morgan fingerprint density at radius 1 is 1.09 bits per heavy atom.